The van der Waals surface area contributed by atoms with Gasteiger partial charge in [-0.05, 0) is 0 Å². The summed E-state index contributed by atoms with van der Waals surface area (Å²) in [5.41, 5.74) is 3.18. The van der Waals surface area contributed by atoms with Gasteiger partial charge in [-0.15, -0.1) is 0 Å². The molecule has 0 saturated heterocycles. The maximum absolute atomic E-state index is 14.2. The standard InChI is InChI=1S/C30H26N3O7.Ra.H/c1-33(2)23-17-12-16-18(13-7-4-3-5-8-13)15-11-14-9-6-10-32-22(14)25(35)19(15)24(34)20(16)27(37)30(17,40)28(38)21(26(23)36)29(31)39;;/h4-11,16-18,23,35-37,40H,12H2,1-2H3,(H2,31,39);;/t16-,17+,18+,23+,30+;;/m1../s1. The number of carbonyl (C=O) groups is 3. The van der Waals surface area contributed by atoms with Crippen LogP contribution in [0.5, 0.6) is 5.75 Å². The zero-order valence-corrected chi connectivity index (χ0v) is 30.8. The van der Waals surface area contributed by atoms with Gasteiger partial charge >= 0.3 is 255 Å². The van der Waals surface area contributed by atoms with Gasteiger partial charge in [0.25, 0.3) is 0 Å². The number of pyridine rings is 1. The summed E-state index contributed by atoms with van der Waals surface area (Å²) in [5, 5.41) is 46.7. The van der Waals surface area contributed by atoms with Crippen LogP contribution < -0.4 is 6.34 Å². The molecule has 10 nitrogen and oxygen atoms in total. The normalized spacial score (nSPS) is 27.6. The number of phenolic OH excluding ortho intramolecular Hbond substituents is 1. The number of nitrogens with two attached hydrogens (primary N) is 1. The molecule has 1 heterocycles. The Balaban J connectivity index is 1.69. The van der Waals surface area contributed by atoms with E-state index in [9.17, 15) is 34.8 Å². The summed E-state index contributed by atoms with van der Waals surface area (Å²) in [6, 6.07) is 12.2. The molecule has 0 aliphatic heterocycles. The van der Waals surface area contributed by atoms with Crippen molar-refractivity contribution in [2.45, 2.75) is 24.0 Å². The second-order valence-corrected chi connectivity index (χ2v) is 16.1. The Morgan fingerprint density at radius 2 is 1.80 bits per heavy atom. The number of hydrogen-bond donors (Lipinski definition) is 5. The molecule has 0 fully saturated rings. The summed E-state index contributed by atoms with van der Waals surface area (Å²) >= 11 is 0.0927. The fourth-order valence-electron chi connectivity index (χ4n) is 7.07. The number of hydrogen-bond acceptors (Lipinski definition) is 9. The molecule has 0 radical (unpaired) electrons. The van der Waals surface area contributed by atoms with Gasteiger partial charge in [0, 0.05) is 0 Å². The first kappa shape index (κ1) is 28.1. The van der Waals surface area contributed by atoms with E-state index in [1.807, 2.05) is 30.3 Å². The quantitative estimate of drug-likeness (QED) is 0.245. The summed E-state index contributed by atoms with van der Waals surface area (Å²) in [6.07, 6.45) is 1.49. The van der Waals surface area contributed by atoms with Gasteiger partial charge in [-0.3, -0.25) is 4.79 Å². The minimum absolute atomic E-state index is 0.00337. The second kappa shape index (κ2) is 9.75. The number of carbonyl (C=O) groups excluding carboxylic acids is 3. The third-order valence-electron chi connectivity index (χ3n) is 8.87. The zero-order chi connectivity index (χ0) is 29.5. The van der Waals surface area contributed by atoms with E-state index in [0.717, 1.165) is 5.56 Å². The number of rotatable bonds is 3. The molecule has 206 valence electrons. The number of amides is 1. The van der Waals surface area contributed by atoms with Crippen molar-refractivity contribution >= 4 is 29.0 Å². The molecule has 41 heavy (non-hydrogen) atoms. The maximum atomic E-state index is 14.2. The number of primary amides is 1. The molecule has 0 spiro atoms. The van der Waals surface area contributed by atoms with Crippen LogP contribution in [0.25, 0.3) is 10.9 Å². The van der Waals surface area contributed by atoms with Crippen molar-refractivity contribution in [1.29, 1.82) is 0 Å². The van der Waals surface area contributed by atoms with Gasteiger partial charge in [0.05, 0.1) is 0 Å². The van der Waals surface area contributed by atoms with E-state index in [0.29, 0.717) is 10.9 Å². The van der Waals surface area contributed by atoms with Gasteiger partial charge in [-0.1, -0.05) is 0 Å². The van der Waals surface area contributed by atoms with E-state index in [4.69, 9.17) is 5.73 Å². The third-order valence-corrected chi connectivity index (χ3v) is 11.6. The Morgan fingerprint density at radius 1 is 1.12 bits per heavy atom. The van der Waals surface area contributed by atoms with E-state index < -0.39 is 64.0 Å². The molecule has 3 aliphatic rings. The molecule has 6 rings (SSSR count). The molecular weight excluding hydrogens is 740 g/mol. The van der Waals surface area contributed by atoms with Gasteiger partial charge in [0.1, 0.15) is 0 Å². The zero-order valence-electron chi connectivity index (χ0n) is 22.6. The Hall–Kier alpha value is -3.07. The van der Waals surface area contributed by atoms with Gasteiger partial charge < -0.3 is 5.73 Å². The van der Waals surface area contributed by atoms with E-state index >= 15 is 0 Å². The fourth-order valence-corrected chi connectivity index (χ4v) is 8.44. The first-order valence-corrected chi connectivity index (χ1v) is 17.3. The predicted octanol–water partition coefficient (Wildman–Crippen LogP) is 1.17. The van der Waals surface area contributed by atoms with Crippen LogP contribution in [0.1, 0.15) is 33.8 Å². The van der Waals surface area contributed by atoms with E-state index in [1.165, 1.54) is 11.7 Å². The summed E-state index contributed by atoms with van der Waals surface area (Å²) in [7, 11) is 3.21. The number of fused-ring (bicyclic) bond motifs is 4. The molecule has 0 unspecified atom stereocenters. The van der Waals surface area contributed by atoms with Gasteiger partial charge in [-0.25, -0.2) is 0 Å². The third kappa shape index (κ3) is 3.87. The molecule has 1 amide bonds. The van der Waals surface area contributed by atoms with Crippen molar-refractivity contribution in [1.82, 2.24) is 9.88 Å². The molecular formula is C30H27N3O7Ra. The number of allylic oxidation sites excluding steroid dienone is 1. The molecule has 0 saturated carbocycles. The molecule has 6 N–H and O–H groups in total. The number of aromatic nitrogens is 1. The molecule has 11 heteroatoms. The Bertz CT molecular complexity index is 1750. The average molecular weight is 768 g/mol. The van der Waals surface area contributed by atoms with E-state index in [-0.39, 0.29) is 71.6 Å². The monoisotopic (exact) mass is 767 g/mol. The summed E-state index contributed by atoms with van der Waals surface area (Å²) < 4.78 is 1.23. The number of aromatic hydroxyl groups is 1. The van der Waals surface area contributed by atoms with Gasteiger partial charge in [0.2, 0.25) is 0 Å². The van der Waals surface area contributed by atoms with Crippen LogP contribution in [-0.2, 0) is 9.59 Å². The van der Waals surface area contributed by atoms with Crippen molar-refractivity contribution in [3.05, 3.63) is 88.0 Å². The molecule has 1 aromatic heterocycles. The molecule has 3 aromatic rings. The van der Waals surface area contributed by atoms with Crippen molar-refractivity contribution in [3.63, 3.8) is 0 Å². The van der Waals surface area contributed by atoms with Crippen LogP contribution in [0.2, 0.25) is 0 Å². The SMILES string of the molecule is CN(C)[C@@H]1C(O)=C(C(N)=O)C(=O)[C@@]2(O)C(O)=C3C(=O)c4c(cc5cccnc5c4O)[C@H](c4cc[c]([RaH])cc4)[C@H]3C[C@@H]12. The number of likely N-dealkylation sites (N-methyl/N-ethyl adjacent to an activating group) is 1. The van der Waals surface area contributed by atoms with Crippen LogP contribution in [-0.4, -0.2) is 73.5 Å². The van der Waals surface area contributed by atoms with Crippen molar-refractivity contribution in [2.75, 3.05) is 14.1 Å². The molecule has 5 atom stereocenters. The van der Waals surface area contributed by atoms with Crippen molar-refractivity contribution in [3.8, 4) is 5.75 Å². The van der Waals surface area contributed by atoms with E-state index in [2.05, 4.69) is 4.98 Å². The number of aliphatic hydroxyl groups is 3. The molecule has 2 aromatic carbocycles. The number of nitrogens with zero attached hydrogens (tertiary/aromatic N) is 2. The van der Waals surface area contributed by atoms with Crippen LogP contribution >= 0.6 is 0 Å². The fraction of sp³-hybridized carbons (Fsp3) is 0.267. The molecule has 3 aliphatic carbocycles. The summed E-state index contributed by atoms with van der Waals surface area (Å²) in [5.74, 6) is -7.53. The van der Waals surface area contributed by atoms with Crippen LogP contribution in [0.15, 0.2) is 71.3 Å². The first-order chi connectivity index (χ1) is 19.4. The summed E-state index contributed by atoms with van der Waals surface area (Å²) in [6.45, 7) is 0. The Labute approximate surface area is 263 Å². The number of benzene rings is 2. The molecule has 0 bridgehead atoms. The van der Waals surface area contributed by atoms with Crippen molar-refractivity contribution < 1.29 is 77.6 Å². The topological polar surface area (TPSA) is 174 Å². The van der Waals surface area contributed by atoms with Crippen LogP contribution in [0.4, 0.5) is 0 Å². The number of phenols is 1. The number of aliphatic hydroxyl groups excluding tert-OH is 2. The van der Waals surface area contributed by atoms with Crippen LogP contribution in [0.3, 0.4) is 0 Å². The average Bonchev–Trinajstić information content (AvgIpc) is 2.91. The van der Waals surface area contributed by atoms with Gasteiger partial charge in [-0.2, -0.15) is 0 Å². The van der Waals surface area contributed by atoms with E-state index in [1.54, 1.807) is 26.2 Å². The second-order valence-electron chi connectivity index (χ2n) is 11.3. The number of Topliss-reactive ketones (excluding diaryl/α,β-unsaturated/α-hetero) is 2. The Morgan fingerprint density at radius 3 is 2.44 bits per heavy atom. The van der Waals surface area contributed by atoms with Gasteiger partial charge in [0.15, 0.2) is 0 Å². The predicted molar refractivity (Wildman–Crippen MR) is 145 cm³/mol. The van der Waals surface area contributed by atoms with Crippen molar-refractivity contribution in [2.24, 2.45) is 17.6 Å². The van der Waals surface area contributed by atoms with Crippen LogP contribution in [0, 0.1) is 54.6 Å². The summed E-state index contributed by atoms with van der Waals surface area (Å²) in [4.78, 5) is 45.9. The Kier molecular flexibility index (Phi) is 6.67. The number of ketones is 2. The minimum atomic E-state index is -2.71. The first-order valence-electron chi connectivity index (χ1n) is 13.2.